The van der Waals surface area contributed by atoms with Crippen LogP contribution in [-0.2, 0) is 11.3 Å². The fourth-order valence-electron chi connectivity index (χ4n) is 1.52. The summed E-state index contributed by atoms with van der Waals surface area (Å²) in [5.41, 5.74) is 11.3. The lowest BCUT2D eigenvalue weighted by Gasteiger charge is -2.15. The second kappa shape index (κ2) is 4.55. The maximum absolute atomic E-state index is 10.7. The molecule has 2 aromatic heterocycles. The third kappa shape index (κ3) is 2.08. The number of fused-ring (bicyclic) bond motifs is 1. The average Bonchev–Trinajstić information content (AvgIpc) is 2.73. The Bertz CT molecular complexity index is 583. The van der Waals surface area contributed by atoms with Crippen LogP contribution in [-0.4, -0.2) is 47.8 Å². The van der Waals surface area contributed by atoms with Gasteiger partial charge >= 0.3 is 0 Å². The molecule has 96 valence electrons. The summed E-state index contributed by atoms with van der Waals surface area (Å²) in [7, 11) is 0. The number of hydrogen-bond acceptors (Lipinski definition) is 7. The maximum Gasteiger partial charge on any atom is 0.249 e. The van der Waals surface area contributed by atoms with Crippen molar-refractivity contribution >= 4 is 22.9 Å². The Labute approximate surface area is 101 Å². The Morgan fingerprint density at radius 3 is 2.78 bits per heavy atom. The highest BCUT2D eigenvalue weighted by Crippen LogP contribution is 2.14. The van der Waals surface area contributed by atoms with Crippen molar-refractivity contribution in [2.75, 3.05) is 5.73 Å². The van der Waals surface area contributed by atoms with Gasteiger partial charge in [-0.2, -0.15) is 0 Å². The molecule has 9 nitrogen and oxygen atoms in total. The van der Waals surface area contributed by atoms with E-state index in [-0.39, 0.29) is 12.4 Å². The monoisotopic (exact) mass is 252 g/mol. The van der Waals surface area contributed by atoms with Crippen molar-refractivity contribution in [3.63, 3.8) is 0 Å². The number of nitrogens with zero attached hydrogens (tertiary/aromatic N) is 4. The van der Waals surface area contributed by atoms with Crippen LogP contribution in [0.25, 0.3) is 11.2 Å². The second-order valence-corrected chi connectivity index (χ2v) is 3.74. The van der Waals surface area contributed by atoms with Gasteiger partial charge in [0.15, 0.2) is 17.6 Å². The van der Waals surface area contributed by atoms with Crippen LogP contribution in [0.4, 0.5) is 5.82 Å². The van der Waals surface area contributed by atoms with E-state index in [2.05, 4.69) is 15.0 Å². The van der Waals surface area contributed by atoms with Gasteiger partial charge in [0.2, 0.25) is 5.91 Å². The molecule has 18 heavy (non-hydrogen) atoms. The number of aromatic nitrogens is 4. The van der Waals surface area contributed by atoms with E-state index in [1.165, 1.54) is 17.2 Å². The van der Waals surface area contributed by atoms with Gasteiger partial charge in [-0.1, -0.05) is 0 Å². The van der Waals surface area contributed by atoms with Crippen LogP contribution in [0.15, 0.2) is 12.7 Å². The topological polar surface area (TPSA) is 153 Å². The lowest BCUT2D eigenvalue weighted by atomic mass is 10.2. The molecule has 0 fully saturated rings. The molecule has 0 aliphatic rings. The highest BCUT2D eigenvalue weighted by Gasteiger charge is 2.23. The highest BCUT2D eigenvalue weighted by atomic mass is 16.3. The van der Waals surface area contributed by atoms with Crippen LogP contribution in [0.1, 0.15) is 0 Å². The van der Waals surface area contributed by atoms with Gasteiger partial charge in [-0.15, -0.1) is 0 Å². The van der Waals surface area contributed by atoms with Gasteiger partial charge in [0.05, 0.1) is 12.9 Å². The Hall–Kier alpha value is -2.26. The lowest BCUT2D eigenvalue weighted by molar-refractivity contribution is -0.132. The highest BCUT2D eigenvalue weighted by molar-refractivity contribution is 5.81. The number of imidazole rings is 1. The van der Waals surface area contributed by atoms with Crippen LogP contribution in [0, 0.1) is 0 Å². The molecule has 0 saturated carbocycles. The molecule has 2 rings (SSSR count). The number of carbonyl (C=O) groups excluding carboxylic acids is 1. The fourth-order valence-corrected chi connectivity index (χ4v) is 1.52. The molecule has 1 amide bonds. The van der Waals surface area contributed by atoms with Crippen molar-refractivity contribution in [1.82, 2.24) is 19.5 Å². The van der Waals surface area contributed by atoms with Crippen LogP contribution < -0.4 is 11.5 Å². The molecule has 0 bridgehead atoms. The number of hydrogen-bond donors (Lipinski definition) is 4. The van der Waals surface area contributed by atoms with E-state index in [0.717, 1.165) is 0 Å². The summed E-state index contributed by atoms with van der Waals surface area (Å²) in [6, 6.07) is 0. The summed E-state index contributed by atoms with van der Waals surface area (Å²) in [5, 5.41) is 18.9. The van der Waals surface area contributed by atoms with Crippen LogP contribution >= 0.6 is 0 Å². The first-order chi connectivity index (χ1) is 8.50. The standard InChI is InChI=1S/C9H12N6O3/c10-7-5-9(13-2-12-7)15(3-14-5)1-4(16)6(17)8(11)18/h2-4,6,16-17H,1H2,(H2,11,18)(H2,10,12,13)/t4-,6-/m1/s1. The number of nitrogens with two attached hydrogens (primary N) is 2. The minimum atomic E-state index is -1.65. The van der Waals surface area contributed by atoms with E-state index < -0.39 is 18.1 Å². The maximum atomic E-state index is 10.7. The van der Waals surface area contributed by atoms with E-state index in [1.54, 1.807) is 0 Å². The molecule has 0 radical (unpaired) electrons. The van der Waals surface area contributed by atoms with E-state index in [0.29, 0.717) is 11.2 Å². The third-order valence-electron chi connectivity index (χ3n) is 2.47. The Balaban J connectivity index is 2.27. The first-order valence-corrected chi connectivity index (χ1v) is 5.07. The first-order valence-electron chi connectivity index (χ1n) is 5.07. The Morgan fingerprint density at radius 2 is 2.11 bits per heavy atom. The zero-order chi connectivity index (χ0) is 13.3. The number of rotatable bonds is 4. The molecule has 2 aromatic rings. The number of aliphatic hydroxyl groups excluding tert-OH is 2. The van der Waals surface area contributed by atoms with Gasteiger partial charge < -0.3 is 26.2 Å². The molecule has 6 N–H and O–H groups in total. The summed E-state index contributed by atoms with van der Waals surface area (Å²) in [6.45, 7) is -0.0863. The van der Waals surface area contributed by atoms with E-state index in [1.807, 2.05) is 0 Å². The summed E-state index contributed by atoms with van der Waals surface area (Å²) < 4.78 is 1.45. The van der Waals surface area contributed by atoms with E-state index in [4.69, 9.17) is 11.5 Å². The summed E-state index contributed by atoms with van der Waals surface area (Å²) in [5.74, 6) is -0.787. The second-order valence-electron chi connectivity index (χ2n) is 3.74. The zero-order valence-electron chi connectivity index (χ0n) is 9.26. The molecule has 0 unspecified atom stereocenters. The van der Waals surface area contributed by atoms with Crippen molar-refractivity contribution < 1.29 is 15.0 Å². The molecular formula is C9H12N6O3. The average molecular weight is 252 g/mol. The van der Waals surface area contributed by atoms with Crippen LogP contribution in [0.5, 0.6) is 0 Å². The number of carbonyl (C=O) groups is 1. The summed E-state index contributed by atoms with van der Waals surface area (Å²) >= 11 is 0. The zero-order valence-corrected chi connectivity index (χ0v) is 9.26. The Morgan fingerprint density at radius 1 is 1.39 bits per heavy atom. The fraction of sp³-hybridized carbons (Fsp3) is 0.333. The lowest BCUT2D eigenvalue weighted by Crippen LogP contribution is -2.40. The van der Waals surface area contributed by atoms with Gasteiger partial charge in [0, 0.05) is 0 Å². The molecule has 9 heteroatoms. The normalized spacial score (nSPS) is 14.6. The SMILES string of the molecule is NC(=O)[C@H](O)[C@H](O)Cn1cnc2c(N)ncnc21. The summed E-state index contributed by atoms with van der Waals surface area (Å²) in [4.78, 5) is 22.4. The third-order valence-corrected chi connectivity index (χ3v) is 2.47. The number of nitrogen functional groups attached to an aromatic ring is 1. The predicted molar refractivity (Wildman–Crippen MR) is 60.9 cm³/mol. The van der Waals surface area contributed by atoms with Gasteiger partial charge in [-0.05, 0) is 0 Å². The first kappa shape index (κ1) is 12.2. The van der Waals surface area contributed by atoms with Crippen molar-refractivity contribution in [2.45, 2.75) is 18.8 Å². The Kier molecular flexibility index (Phi) is 3.08. The molecule has 0 saturated heterocycles. The van der Waals surface area contributed by atoms with Crippen molar-refractivity contribution in [2.24, 2.45) is 5.73 Å². The van der Waals surface area contributed by atoms with Gasteiger partial charge in [-0.3, -0.25) is 4.79 Å². The smallest absolute Gasteiger partial charge is 0.249 e. The van der Waals surface area contributed by atoms with Gasteiger partial charge in [0.1, 0.15) is 17.9 Å². The van der Waals surface area contributed by atoms with Crippen molar-refractivity contribution in [3.05, 3.63) is 12.7 Å². The number of aliphatic hydroxyl groups is 2. The molecular weight excluding hydrogens is 240 g/mol. The number of amides is 1. The van der Waals surface area contributed by atoms with E-state index in [9.17, 15) is 15.0 Å². The predicted octanol–water partition coefficient (Wildman–Crippen LogP) is -2.38. The van der Waals surface area contributed by atoms with Gasteiger partial charge in [0.25, 0.3) is 0 Å². The molecule has 0 spiro atoms. The number of primary amides is 1. The minimum Gasteiger partial charge on any atom is -0.388 e. The van der Waals surface area contributed by atoms with Crippen LogP contribution in [0.3, 0.4) is 0 Å². The molecule has 0 aliphatic carbocycles. The largest absolute Gasteiger partial charge is 0.388 e. The van der Waals surface area contributed by atoms with Crippen molar-refractivity contribution in [3.8, 4) is 0 Å². The molecule has 2 heterocycles. The van der Waals surface area contributed by atoms with Crippen LogP contribution in [0.2, 0.25) is 0 Å². The molecule has 2 atom stereocenters. The number of anilines is 1. The van der Waals surface area contributed by atoms with Crippen molar-refractivity contribution in [1.29, 1.82) is 0 Å². The summed E-state index contributed by atoms with van der Waals surface area (Å²) in [6.07, 6.45) is -0.364. The minimum absolute atomic E-state index is 0.0863. The molecule has 0 aliphatic heterocycles. The van der Waals surface area contributed by atoms with E-state index >= 15 is 0 Å². The molecule has 0 aromatic carbocycles. The quantitative estimate of drug-likeness (QED) is 0.473. The van der Waals surface area contributed by atoms with Gasteiger partial charge in [-0.25, -0.2) is 15.0 Å².